The molecule has 1 aromatic carbocycles. The van der Waals surface area contributed by atoms with Gasteiger partial charge in [-0.15, -0.1) is 16.4 Å². The normalized spacial score (nSPS) is 10.6. The number of hydrogen-bond donors (Lipinski definition) is 2. The summed E-state index contributed by atoms with van der Waals surface area (Å²) < 4.78 is 0. The van der Waals surface area contributed by atoms with Crippen LogP contribution in [-0.2, 0) is 16.2 Å². The minimum Gasteiger partial charge on any atom is -0.272 e. The Hall–Kier alpha value is -2.16. The second-order valence-electron chi connectivity index (χ2n) is 4.53. The highest BCUT2D eigenvalue weighted by molar-refractivity contribution is 7.99. The number of hydrogen-bond acceptors (Lipinski definition) is 6. The summed E-state index contributed by atoms with van der Waals surface area (Å²) in [5.41, 5.74) is 3.41. The number of amides is 1. The number of hydroxylamine groups is 1. The molecule has 0 fully saturated rings. The van der Waals surface area contributed by atoms with Crippen LogP contribution in [0.15, 0.2) is 53.0 Å². The topological polar surface area (TPSA) is 79.9 Å². The molecule has 0 radical (unpaired) electrons. The molecule has 0 aliphatic heterocycles. The van der Waals surface area contributed by atoms with E-state index in [-0.39, 0.29) is 11.7 Å². The summed E-state index contributed by atoms with van der Waals surface area (Å²) >= 11 is 2.83. The SMILES string of the molecule is O=C(CSc1n[nH]c(-c2cccs2)n1)NOCc1ccccc1. The zero-order valence-corrected chi connectivity index (χ0v) is 13.7. The van der Waals surface area contributed by atoms with Gasteiger partial charge in [0.1, 0.15) is 0 Å². The number of rotatable bonds is 7. The molecule has 3 rings (SSSR count). The predicted octanol–water partition coefficient (Wildman–Crippen LogP) is 2.87. The Bertz CT molecular complexity index is 744. The zero-order valence-electron chi connectivity index (χ0n) is 12.1. The highest BCUT2D eigenvalue weighted by Gasteiger charge is 2.09. The molecule has 0 unspecified atom stereocenters. The van der Waals surface area contributed by atoms with Crippen LogP contribution < -0.4 is 5.48 Å². The quantitative estimate of drug-likeness (QED) is 0.508. The Morgan fingerprint density at radius 1 is 1.26 bits per heavy atom. The zero-order chi connectivity index (χ0) is 15.9. The number of carbonyl (C=O) groups excluding carboxylic acids is 1. The van der Waals surface area contributed by atoms with Gasteiger partial charge in [0.25, 0.3) is 5.91 Å². The van der Waals surface area contributed by atoms with E-state index in [2.05, 4.69) is 20.7 Å². The van der Waals surface area contributed by atoms with Crippen molar-refractivity contribution in [2.45, 2.75) is 11.8 Å². The molecule has 0 saturated heterocycles. The second-order valence-corrected chi connectivity index (χ2v) is 6.42. The van der Waals surface area contributed by atoms with Crippen LogP contribution in [0.5, 0.6) is 0 Å². The van der Waals surface area contributed by atoms with Crippen molar-refractivity contribution < 1.29 is 9.63 Å². The van der Waals surface area contributed by atoms with Gasteiger partial charge in [-0.1, -0.05) is 48.2 Å². The molecule has 0 atom stereocenters. The van der Waals surface area contributed by atoms with E-state index in [1.54, 1.807) is 11.3 Å². The standard InChI is InChI=1S/C15H14N4O2S2/c20-13(19-21-9-11-5-2-1-3-6-11)10-23-15-16-14(17-18-15)12-7-4-8-22-12/h1-8H,9-10H2,(H,19,20)(H,16,17,18). The fourth-order valence-corrected chi connectivity index (χ4v) is 3.02. The lowest BCUT2D eigenvalue weighted by Crippen LogP contribution is -2.25. The van der Waals surface area contributed by atoms with Crippen LogP contribution in [0.4, 0.5) is 0 Å². The van der Waals surface area contributed by atoms with Crippen LogP contribution >= 0.6 is 23.1 Å². The minimum absolute atomic E-state index is 0.191. The van der Waals surface area contributed by atoms with Crippen LogP contribution in [0.2, 0.25) is 0 Å². The van der Waals surface area contributed by atoms with Crippen molar-refractivity contribution >= 4 is 29.0 Å². The molecule has 0 saturated carbocycles. The Morgan fingerprint density at radius 3 is 2.91 bits per heavy atom. The van der Waals surface area contributed by atoms with E-state index >= 15 is 0 Å². The average molecular weight is 346 g/mol. The van der Waals surface area contributed by atoms with Crippen molar-refractivity contribution in [1.82, 2.24) is 20.7 Å². The fourth-order valence-electron chi connectivity index (χ4n) is 1.77. The first kappa shape index (κ1) is 15.7. The molecule has 0 aliphatic carbocycles. The highest BCUT2D eigenvalue weighted by Crippen LogP contribution is 2.22. The first-order valence-electron chi connectivity index (χ1n) is 6.85. The van der Waals surface area contributed by atoms with Gasteiger partial charge in [0.2, 0.25) is 5.16 Å². The number of aromatic nitrogens is 3. The summed E-state index contributed by atoms with van der Waals surface area (Å²) in [6.07, 6.45) is 0. The van der Waals surface area contributed by atoms with Crippen LogP contribution in [0, 0.1) is 0 Å². The van der Waals surface area contributed by atoms with Crippen LogP contribution in [0.3, 0.4) is 0 Å². The molecule has 2 heterocycles. The van der Waals surface area contributed by atoms with Gasteiger partial charge < -0.3 is 0 Å². The van der Waals surface area contributed by atoms with Gasteiger partial charge in [0.05, 0.1) is 17.2 Å². The third-order valence-corrected chi connectivity index (χ3v) is 4.54. The van der Waals surface area contributed by atoms with Crippen molar-refractivity contribution in [3.63, 3.8) is 0 Å². The van der Waals surface area contributed by atoms with Crippen LogP contribution in [-0.4, -0.2) is 26.8 Å². The molecule has 6 nitrogen and oxygen atoms in total. The molecule has 2 N–H and O–H groups in total. The number of nitrogens with one attached hydrogen (secondary N) is 2. The molecular weight excluding hydrogens is 332 g/mol. The Kier molecular flexibility index (Phi) is 5.41. The monoisotopic (exact) mass is 346 g/mol. The van der Waals surface area contributed by atoms with Gasteiger partial charge in [0, 0.05) is 0 Å². The van der Waals surface area contributed by atoms with Gasteiger partial charge in [-0.2, -0.15) is 0 Å². The smallest absolute Gasteiger partial charge is 0.254 e. The summed E-state index contributed by atoms with van der Waals surface area (Å²) in [6.45, 7) is 0.334. The fraction of sp³-hybridized carbons (Fsp3) is 0.133. The largest absolute Gasteiger partial charge is 0.272 e. The third kappa shape index (κ3) is 4.65. The van der Waals surface area contributed by atoms with E-state index in [4.69, 9.17) is 4.84 Å². The second kappa shape index (κ2) is 7.91. The highest BCUT2D eigenvalue weighted by atomic mass is 32.2. The van der Waals surface area contributed by atoms with Crippen LogP contribution in [0.1, 0.15) is 5.56 Å². The maximum absolute atomic E-state index is 11.7. The minimum atomic E-state index is -0.228. The van der Waals surface area contributed by atoms with E-state index in [1.165, 1.54) is 11.8 Å². The summed E-state index contributed by atoms with van der Waals surface area (Å²) in [4.78, 5) is 22.2. The molecule has 2 aromatic heterocycles. The third-order valence-electron chi connectivity index (χ3n) is 2.82. The lowest BCUT2D eigenvalue weighted by atomic mass is 10.2. The Balaban J connectivity index is 1.41. The lowest BCUT2D eigenvalue weighted by Gasteiger charge is -2.04. The number of thioether (sulfide) groups is 1. The van der Waals surface area contributed by atoms with Crippen molar-refractivity contribution in [2.24, 2.45) is 0 Å². The van der Waals surface area contributed by atoms with E-state index in [0.717, 1.165) is 10.4 Å². The van der Waals surface area contributed by atoms with E-state index < -0.39 is 0 Å². The molecule has 3 aromatic rings. The van der Waals surface area contributed by atoms with Crippen molar-refractivity contribution in [3.05, 3.63) is 53.4 Å². The van der Waals surface area contributed by atoms with Gasteiger partial charge in [-0.25, -0.2) is 10.5 Å². The number of thiophene rings is 1. The molecular formula is C15H14N4O2S2. The van der Waals surface area contributed by atoms with Crippen LogP contribution in [0.25, 0.3) is 10.7 Å². The lowest BCUT2D eigenvalue weighted by molar-refractivity contribution is -0.131. The van der Waals surface area contributed by atoms with Gasteiger partial charge >= 0.3 is 0 Å². The van der Waals surface area contributed by atoms with Gasteiger partial charge in [-0.3, -0.25) is 14.7 Å². The molecule has 0 aliphatic rings. The number of benzene rings is 1. The van der Waals surface area contributed by atoms with Crippen molar-refractivity contribution in [2.75, 3.05) is 5.75 Å². The maximum Gasteiger partial charge on any atom is 0.254 e. The Morgan fingerprint density at radius 2 is 2.13 bits per heavy atom. The summed E-state index contributed by atoms with van der Waals surface area (Å²) in [6, 6.07) is 13.5. The molecule has 118 valence electrons. The van der Waals surface area contributed by atoms with Crippen molar-refractivity contribution in [1.29, 1.82) is 0 Å². The van der Waals surface area contributed by atoms with E-state index in [0.29, 0.717) is 17.6 Å². The number of aromatic amines is 1. The first-order valence-corrected chi connectivity index (χ1v) is 8.71. The van der Waals surface area contributed by atoms with E-state index in [9.17, 15) is 4.79 Å². The molecule has 23 heavy (non-hydrogen) atoms. The number of nitrogens with zero attached hydrogens (tertiary/aromatic N) is 2. The summed E-state index contributed by atoms with van der Waals surface area (Å²) in [7, 11) is 0. The summed E-state index contributed by atoms with van der Waals surface area (Å²) in [5.74, 6) is 0.674. The van der Waals surface area contributed by atoms with Gasteiger partial charge in [0.15, 0.2) is 5.82 Å². The number of H-pyrrole nitrogens is 1. The van der Waals surface area contributed by atoms with Gasteiger partial charge in [-0.05, 0) is 17.0 Å². The molecule has 8 heteroatoms. The van der Waals surface area contributed by atoms with E-state index in [1.807, 2.05) is 47.8 Å². The predicted molar refractivity (Wildman–Crippen MR) is 89.8 cm³/mol. The molecule has 0 bridgehead atoms. The summed E-state index contributed by atoms with van der Waals surface area (Å²) in [5, 5.41) is 9.46. The maximum atomic E-state index is 11.7. The average Bonchev–Trinajstić information content (AvgIpc) is 3.25. The molecule has 0 spiro atoms. The molecule has 1 amide bonds. The number of carbonyl (C=O) groups is 1. The van der Waals surface area contributed by atoms with Crippen molar-refractivity contribution in [3.8, 4) is 10.7 Å². The Labute approximate surface area is 141 Å². The first-order chi connectivity index (χ1) is 11.3.